The van der Waals surface area contributed by atoms with Gasteiger partial charge in [0.2, 0.25) is 0 Å². The fraction of sp³-hybridized carbons (Fsp3) is 0.571. The van der Waals surface area contributed by atoms with E-state index < -0.39 is 21.3 Å². The molecule has 0 aromatic rings. The van der Waals surface area contributed by atoms with Crippen LogP contribution < -0.4 is 5.32 Å². The quantitative estimate of drug-likeness (QED) is 0.488. The van der Waals surface area contributed by atoms with Gasteiger partial charge in [-0.25, -0.2) is 0 Å². The SMILES string of the molecule is C=CC(=O)C(NC(C)C)S(=O)(=O)O. The highest BCUT2D eigenvalue weighted by Gasteiger charge is 2.28. The first-order valence-electron chi connectivity index (χ1n) is 3.67. The minimum atomic E-state index is -4.40. The van der Waals surface area contributed by atoms with Gasteiger partial charge in [-0.05, 0) is 19.9 Å². The average Bonchev–Trinajstić information content (AvgIpc) is 1.96. The van der Waals surface area contributed by atoms with Gasteiger partial charge in [-0.1, -0.05) is 6.58 Å². The molecule has 0 spiro atoms. The number of nitrogens with one attached hydrogen (secondary N) is 1. The zero-order valence-electron chi connectivity index (χ0n) is 7.52. The van der Waals surface area contributed by atoms with Gasteiger partial charge in [0.25, 0.3) is 10.1 Å². The maximum atomic E-state index is 11.0. The second-order valence-corrected chi connectivity index (χ2v) is 4.32. The molecule has 1 unspecified atom stereocenters. The summed E-state index contributed by atoms with van der Waals surface area (Å²) in [5.74, 6) is -0.767. The number of rotatable bonds is 5. The Balaban J connectivity index is 4.77. The number of hydrogen-bond donors (Lipinski definition) is 2. The lowest BCUT2D eigenvalue weighted by Gasteiger charge is -2.15. The largest absolute Gasteiger partial charge is 0.292 e. The van der Waals surface area contributed by atoms with Gasteiger partial charge in [-0.15, -0.1) is 0 Å². The molecule has 0 saturated carbocycles. The lowest BCUT2D eigenvalue weighted by molar-refractivity contribution is -0.114. The minimum absolute atomic E-state index is 0.226. The minimum Gasteiger partial charge on any atom is -0.292 e. The van der Waals surface area contributed by atoms with Crippen LogP contribution in [0.15, 0.2) is 12.7 Å². The number of ketones is 1. The zero-order valence-corrected chi connectivity index (χ0v) is 8.34. The van der Waals surface area contributed by atoms with Crippen LogP contribution in [0.5, 0.6) is 0 Å². The van der Waals surface area contributed by atoms with Crippen molar-refractivity contribution in [3.05, 3.63) is 12.7 Å². The summed E-state index contributed by atoms with van der Waals surface area (Å²) in [5, 5.41) is 0.805. The molecule has 0 aromatic carbocycles. The molecular formula is C7H13NO4S. The first-order valence-corrected chi connectivity index (χ1v) is 5.18. The summed E-state index contributed by atoms with van der Waals surface area (Å²) >= 11 is 0. The fourth-order valence-corrected chi connectivity index (χ4v) is 1.56. The van der Waals surface area contributed by atoms with Crippen LogP contribution in [0.2, 0.25) is 0 Å². The van der Waals surface area contributed by atoms with Crippen LogP contribution in [0.4, 0.5) is 0 Å². The molecule has 0 rings (SSSR count). The van der Waals surface area contributed by atoms with E-state index in [1.165, 1.54) is 0 Å². The van der Waals surface area contributed by atoms with Crippen molar-refractivity contribution in [2.45, 2.75) is 25.3 Å². The van der Waals surface area contributed by atoms with E-state index in [0.717, 1.165) is 6.08 Å². The van der Waals surface area contributed by atoms with Crippen molar-refractivity contribution < 1.29 is 17.8 Å². The molecule has 13 heavy (non-hydrogen) atoms. The molecule has 6 heteroatoms. The maximum absolute atomic E-state index is 11.0. The predicted octanol–water partition coefficient (Wildman–Crippen LogP) is -0.0466. The Morgan fingerprint density at radius 1 is 1.54 bits per heavy atom. The van der Waals surface area contributed by atoms with E-state index >= 15 is 0 Å². The van der Waals surface area contributed by atoms with Gasteiger partial charge in [0.05, 0.1) is 0 Å². The Kier molecular flexibility index (Phi) is 4.25. The van der Waals surface area contributed by atoms with Crippen LogP contribution in [0.25, 0.3) is 0 Å². The van der Waals surface area contributed by atoms with Crippen molar-refractivity contribution in [2.24, 2.45) is 0 Å². The van der Waals surface area contributed by atoms with Crippen LogP contribution >= 0.6 is 0 Å². The number of hydrogen-bond acceptors (Lipinski definition) is 4. The van der Waals surface area contributed by atoms with Gasteiger partial charge >= 0.3 is 0 Å². The topological polar surface area (TPSA) is 83.5 Å². The molecule has 0 bridgehead atoms. The van der Waals surface area contributed by atoms with Crippen LogP contribution in [-0.4, -0.2) is 30.2 Å². The Bertz CT molecular complexity index is 294. The standard InChI is InChI=1S/C7H13NO4S/c1-4-6(9)7(8-5(2)3)13(10,11)12/h4-5,7-8H,1H2,2-3H3,(H,10,11,12). The summed E-state index contributed by atoms with van der Waals surface area (Å²) in [4.78, 5) is 11.0. The molecule has 0 saturated heterocycles. The fourth-order valence-electron chi connectivity index (χ4n) is 0.725. The Labute approximate surface area is 77.6 Å². The molecular weight excluding hydrogens is 194 g/mol. The Morgan fingerprint density at radius 3 is 2.23 bits per heavy atom. The third kappa shape index (κ3) is 4.16. The summed E-state index contributed by atoms with van der Waals surface area (Å²) in [6.45, 7) is 6.46. The summed E-state index contributed by atoms with van der Waals surface area (Å²) in [6, 6.07) is -0.226. The Hall–Kier alpha value is -0.720. The van der Waals surface area contributed by atoms with Gasteiger partial charge in [0.15, 0.2) is 11.2 Å². The van der Waals surface area contributed by atoms with Crippen molar-refractivity contribution in [3.8, 4) is 0 Å². The van der Waals surface area contributed by atoms with Crippen LogP contribution in [0.1, 0.15) is 13.8 Å². The van der Waals surface area contributed by atoms with E-state index in [9.17, 15) is 13.2 Å². The summed E-state index contributed by atoms with van der Waals surface area (Å²) in [5.41, 5.74) is 0. The predicted molar refractivity (Wildman–Crippen MR) is 48.8 cm³/mol. The molecule has 0 amide bonds. The highest BCUT2D eigenvalue weighted by molar-refractivity contribution is 7.87. The molecule has 76 valence electrons. The molecule has 5 nitrogen and oxygen atoms in total. The van der Waals surface area contributed by atoms with E-state index in [1.54, 1.807) is 13.8 Å². The first-order chi connectivity index (χ1) is 5.79. The van der Waals surface area contributed by atoms with E-state index in [-0.39, 0.29) is 6.04 Å². The normalized spacial score (nSPS) is 14.2. The summed E-state index contributed by atoms with van der Waals surface area (Å²) in [7, 11) is -4.40. The van der Waals surface area contributed by atoms with Gasteiger partial charge < -0.3 is 0 Å². The highest BCUT2D eigenvalue weighted by Crippen LogP contribution is 1.99. The molecule has 0 radical (unpaired) electrons. The highest BCUT2D eigenvalue weighted by atomic mass is 32.2. The van der Waals surface area contributed by atoms with Gasteiger partial charge in [-0.2, -0.15) is 8.42 Å². The summed E-state index contributed by atoms with van der Waals surface area (Å²) < 4.78 is 30.1. The van der Waals surface area contributed by atoms with E-state index in [1.807, 2.05) is 0 Å². The average molecular weight is 207 g/mol. The van der Waals surface area contributed by atoms with Crippen LogP contribution in [-0.2, 0) is 14.9 Å². The van der Waals surface area contributed by atoms with Gasteiger partial charge in [-0.3, -0.25) is 14.7 Å². The summed E-state index contributed by atoms with van der Waals surface area (Å²) in [6.07, 6.45) is 0.855. The monoisotopic (exact) mass is 207 g/mol. The van der Waals surface area contributed by atoms with Crippen molar-refractivity contribution in [1.29, 1.82) is 0 Å². The van der Waals surface area contributed by atoms with Gasteiger partial charge in [0.1, 0.15) is 0 Å². The van der Waals surface area contributed by atoms with Crippen molar-refractivity contribution >= 4 is 15.9 Å². The smallest absolute Gasteiger partial charge is 0.288 e. The first kappa shape index (κ1) is 12.3. The number of carbonyl (C=O) groups is 1. The van der Waals surface area contributed by atoms with Crippen LogP contribution in [0, 0.1) is 0 Å². The molecule has 0 fully saturated rings. The molecule has 2 N–H and O–H groups in total. The van der Waals surface area contributed by atoms with Crippen molar-refractivity contribution in [3.63, 3.8) is 0 Å². The third-order valence-corrected chi connectivity index (χ3v) is 2.21. The lowest BCUT2D eigenvalue weighted by atomic mass is 10.3. The van der Waals surface area contributed by atoms with Gasteiger partial charge in [0, 0.05) is 6.04 Å². The molecule has 0 aliphatic rings. The lowest BCUT2D eigenvalue weighted by Crippen LogP contribution is -2.45. The van der Waals surface area contributed by atoms with E-state index in [4.69, 9.17) is 4.55 Å². The molecule has 0 aromatic heterocycles. The maximum Gasteiger partial charge on any atom is 0.288 e. The van der Waals surface area contributed by atoms with Crippen molar-refractivity contribution in [1.82, 2.24) is 5.32 Å². The van der Waals surface area contributed by atoms with E-state index in [0.29, 0.717) is 0 Å². The molecule has 1 atom stereocenters. The van der Waals surface area contributed by atoms with Crippen LogP contribution in [0.3, 0.4) is 0 Å². The molecule has 0 aliphatic carbocycles. The zero-order chi connectivity index (χ0) is 10.6. The number of carbonyl (C=O) groups excluding carboxylic acids is 1. The van der Waals surface area contributed by atoms with Crippen molar-refractivity contribution in [2.75, 3.05) is 0 Å². The second kappa shape index (κ2) is 4.50. The van der Waals surface area contributed by atoms with E-state index in [2.05, 4.69) is 11.9 Å². The molecule has 0 heterocycles. The Morgan fingerprint density at radius 2 is 2.00 bits per heavy atom. The second-order valence-electron chi connectivity index (χ2n) is 2.82. The third-order valence-electron chi connectivity index (χ3n) is 1.24. The molecule has 0 aliphatic heterocycles.